The van der Waals surface area contributed by atoms with E-state index >= 15 is 0 Å². The topological polar surface area (TPSA) is 75.4 Å². The van der Waals surface area contributed by atoms with Crippen LogP contribution in [-0.4, -0.2) is 36.0 Å². The lowest BCUT2D eigenvalue weighted by Gasteiger charge is -2.10. The van der Waals surface area contributed by atoms with Gasteiger partial charge in [0.05, 0.1) is 5.69 Å². The van der Waals surface area contributed by atoms with E-state index in [1.165, 1.54) is 0 Å². The van der Waals surface area contributed by atoms with Gasteiger partial charge in [-0.25, -0.2) is 0 Å². The van der Waals surface area contributed by atoms with E-state index in [1.54, 1.807) is 44.1 Å². The molecule has 1 N–H and O–H groups in total. The van der Waals surface area contributed by atoms with Crippen LogP contribution in [0.15, 0.2) is 34.9 Å². The fourth-order valence-electron chi connectivity index (χ4n) is 1.89. The van der Waals surface area contributed by atoms with Crippen molar-refractivity contribution >= 4 is 17.5 Å². The lowest BCUT2D eigenvalue weighted by molar-refractivity contribution is -0.128. The monoisotopic (exact) mass is 301 g/mol. The van der Waals surface area contributed by atoms with Gasteiger partial charge in [-0.05, 0) is 31.0 Å². The first kappa shape index (κ1) is 15.8. The smallest absolute Gasteiger partial charge is 0.294 e. The lowest BCUT2D eigenvalue weighted by atomic mass is 10.1. The molecule has 0 atom stereocenters. The van der Waals surface area contributed by atoms with Gasteiger partial charge in [0, 0.05) is 32.3 Å². The molecule has 0 unspecified atom stereocenters. The molecule has 0 spiro atoms. The highest BCUT2D eigenvalue weighted by atomic mass is 16.5. The van der Waals surface area contributed by atoms with Gasteiger partial charge in [0.25, 0.3) is 5.91 Å². The first-order valence-corrected chi connectivity index (χ1v) is 6.99. The number of carbonyl (C=O) groups is 2. The van der Waals surface area contributed by atoms with Crippen LogP contribution in [0.25, 0.3) is 0 Å². The maximum absolute atomic E-state index is 11.9. The predicted molar refractivity (Wildman–Crippen MR) is 82.7 cm³/mol. The van der Waals surface area contributed by atoms with Crippen LogP contribution in [0.5, 0.6) is 0 Å². The average Bonchev–Trinajstić information content (AvgIpc) is 2.92. The van der Waals surface area contributed by atoms with Crippen molar-refractivity contribution < 1.29 is 14.1 Å². The third-order valence-corrected chi connectivity index (χ3v) is 3.19. The minimum atomic E-state index is -0.337. The van der Waals surface area contributed by atoms with Crippen LogP contribution >= 0.6 is 0 Å². The summed E-state index contributed by atoms with van der Waals surface area (Å²) in [5.41, 5.74) is 2.37. The molecule has 0 radical (unpaired) electrons. The van der Waals surface area contributed by atoms with E-state index in [1.807, 2.05) is 12.1 Å². The van der Waals surface area contributed by atoms with Crippen molar-refractivity contribution in [1.82, 2.24) is 10.1 Å². The molecule has 116 valence electrons. The molecule has 0 saturated carbocycles. The minimum absolute atomic E-state index is 0.0954. The molecule has 1 aromatic carbocycles. The molecule has 0 aliphatic heterocycles. The summed E-state index contributed by atoms with van der Waals surface area (Å²) in [7, 11) is 3.48. The van der Waals surface area contributed by atoms with Crippen LogP contribution in [0.3, 0.4) is 0 Å². The van der Waals surface area contributed by atoms with Crippen molar-refractivity contribution in [2.24, 2.45) is 0 Å². The number of aromatic nitrogens is 1. The molecular formula is C16H19N3O3. The first-order chi connectivity index (χ1) is 10.5. The standard InChI is InChI=1S/C16H19N3O3/c1-11-10-14(22-18-11)16(21)17-13-7-4-12(5-8-13)6-9-15(20)19(2)3/h4-5,7-8,10H,6,9H2,1-3H3,(H,17,21). The highest BCUT2D eigenvalue weighted by Gasteiger charge is 2.11. The van der Waals surface area contributed by atoms with Crippen molar-refractivity contribution in [2.75, 3.05) is 19.4 Å². The molecule has 6 heteroatoms. The quantitative estimate of drug-likeness (QED) is 0.919. The number of carbonyl (C=O) groups excluding carboxylic acids is 2. The molecule has 0 bridgehead atoms. The number of anilines is 1. The summed E-state index contributed by atoms with van der Waals surface area (Å²) in [6, 6.07) is 8.97. The Balaban J connectivity index is 1.91. The van der Waals surface area contributed by atoms with Gasteiger partial charge in [-0.3, -0.25) is 9.59 Å². The van der Waals surface area contributed by atoms with Gasteiger partial charge in [-0.2, -0.15) is 0 Å². The minimum Gasteiger partial charge on any atom is -0.351 e. The maximum Gasteiger partial charge on any atom is 0.294 e. The van der Waals surface area contributed by atoms with Gasteiger partial charge in [0.15, 0.2) is 0 Å². The van der Waals surface area contributed by atoms with Gasteiger partial charge in [0.2, 0.25) is 11.7 Å². The fraction of sp³-hybridized carbons (Fsp3) is 0.312. The molecule has 1 heterocycles. The van der Waals surface area contributed by atoms with Gasteiger partial charge in [0.1, 0.15) is 0 Å². The molecule has 0 fully saturated rings. The Morgan fingerprint density at radius 2 is 1.91 bits per heavy atom. The van der Waals surface area contributed by atoms with Gasteiger partial charge in [-0.1, -0.05) is 17.3 Å². The Morgan fingerprint density at radius 3 is 2.45 bits per heavy atom. The number of nitrogens with one attached hydrogen (secondary N) is 1. The summed E-state index contributed by atoms with van der Waals surface area (Å²) in [5, 5.41) is 6.41. The van der Waals surface area contributed by atoms with Gasteiger partial charge in [-0.15, -0.1) is 0 Å². The van der Waals surface area contributed by atoms with Crippen LogP contribution in [0.2, 0.25) is 0 Å². The van der Waals surface area contributed by atoms with E-state index < -0.39 is 0 Å². The Labute approximate surface area is 129 Å². The summed E-state index contributed by atoms with van der Waals surface area (Å²) < 4.78 is 4.91. The Kier molecular flexibility index (Phi) is 4.93. The summed E-state index contributed by atoms with van der Waals surface area (Å²) in [6.07, 6.45) is 1.14. The highest BCUT2D eigenvalue weighted by Crippen LogP contribution is 2.13. The maximum atomic E-state index is 11.9. The van der Waals surface area contributed by atoms with E-state index in [9.17, 15) is 9.59 Å². The second kappa shape index (κ2) is 6.89. The summed E-state index contributed by atoms with van der Waals surface area (Å²) in [4.78, 5) is 25.0. The SMILES string of the molecule is Cc1cc(C(=O)Nc2ccc(CCC(=O)N(C)C)cc2)on1. The van der Waals surface area contributed by atoms with E-state index in [0.29, 0.717) is 24.2 Å². The van der Waals surface area contributed by atoms with Crippen LogP contribution in [0.1, 0.15) is 28.2 Å². The molecule has 0 saturated heterocycles. The third-order valence-electron chi connectivity index (χ3n) is 3.19. The molecular weight excluding hydrogens is 282 g/mol. The first-order valence-electron chi connectivity index (χ1n) is 6.99. The second-order valence-electron chi connectivity index (χ2n) is 5.27. The molecule has 0 aliphatic carbocycles. The number of hydrogen-bond donors (Lipinski definition) is 1. The van der Waals surface area contributed by atoms with Crippen LogP contribution in [-0.2, 0) is 11.2 Å². The molecule has 2 aromatic rings. The number of benzene rings is 1. The van der Waals surface area contributed by atoms with Gasteiger partial charge >= 0.3 is 0 Å². The van der Waals surface area contributed by atoms with Crippen molar-refractivity contribution in [2.45, 2.75) is 19.8 Å². The van der Waals surface area contributed by atoms with Gasteiger partial charge < -0.3 is 14.7 Å². The van der Waals surface area contributed by atoms with Crippen molar-refractivity contribution in [3.8, 4) is 0 Å². The van der Waals surface area contributed by atoms with Crippen molar-refractivity contribution in [3.05, 3.63) is 47.3 Å². The third kappa shape index (κ3) is 4.18. The van der Waals surface area contributed by atoms with Crippen LogP contribution in [0.4, 0.5) is 5.69 Å². The summed E-state index contributed by atoms with van der Waals surface area (Å²) >= 11 is 0. The summed E-state index contributed by atoms with van der Waals surface area (Å²) in [5.74, 6) is -0.0626. The second-order valence-corrected chi connectivity index (χ2v) is 5.27. The van der Waals surface area contributed by atoms with E-state index in [4.69, 9.17) is 4.52 Å². The molecule has 2 rings (SSSR count). The number of rotatable bonds is 5. The zero-order valence-electron chi connectivity index (χ0n) is 12.9. The molecule has 1 aromatic heterocycles. The van der Waals surface area contributed by atoms with E-state index in [2.05, 4.69) is 10.5 Å². The predicted octanol–water partition coefficient (Wildman–Crippen LogP) is 2.26. The molecule has 2 amide bonds. The molecule has 0 aliphatic rings. The average molecular weight is 301 g/mol. The summed E-state index contributed by atoms with van der Waals surface area (Å²) in [6.45, 7) is 1.75. The number of hydrogen-bond acceptors (Lipinski definition) is 4. The molecule has 6 nitrogen and oxygen atoms in total. The zero-order valence-corrected chi connectivity index (χ0v) is 12.9. The van der Waals surface area contributed by atoms with E-state index in [-0.39, 0.29) is 17.6 Å². The molecule has 22 heavy (non-hydrogen) atoms. The van der Waals surface area contributed by atoms with Crippen LogP contribution in [0, 0.1) is 6.92 Å². The normalized spacial score (nSPS) is 10.3. The highest BCUT2D eigenvalue weighted by molar-refractivity contribution is 6.02. The van der Waals surface area contributed by atoms with Crippen molar-refractivity contribution in [3.63, 3.8) is 0 Å². The Bertz CT molecular complexity index is 660. The zero-order chi connectivity index (χ0) is 16.1. The number of nitrogens with zero attached hydrogens (tertiary/aromatic N) is 2. The Morgan fingerprint density at radius 1 is 1.23 bits per heavy atom. The number of aryl methyl sites for hydroxylation is 2. The fourth-order valence-corrected chi connectivity index (χ4v) is 1.89. The Hall–Kier alpha value is -2.63. The van der Waals surface area contributed by atoms with Crippen LogP contribution < -0.4 is 5.32 Å². The largest absolute Gasteiger partial charge is 0.351 e. The lowest BCUT2D eigenvalue weighted by Crippen LogP contribution is -2.21. The van der Waals surface area contributed by atoms with Crippen molar-refractivity contribution in [1.29, 1.82) is 0 Å². The van der Waals surface area contributed by atoms with E-state index in [0.717, 1.165) is 5.56 Å². The number of amides is 2.